The molecule has 0 bridgehead atoms. The predicted octanol–water partition coefficient (Wildman–Crippen LogP) is 3.37. The van der Waals surface area contributed by atoms with Gasteiger partial charge in [0.2, 0.25) is 0 Å². The van der Waals surface area contributed by atoms with Gasteiger partial charge in [-0.2, -0.15) is 0 Å². The lowest BCUT2D eigenvalue weighted by Gasteiger charge is -2.45. The molecule has 3 rings (SSSR count). The molecule has 2 unspecified atom stereocenters. The molecule has 1 nitrogen and oxygen atoms in total. The minimum absolute atomic E-state index is 0.498. The maximum atomic E-state index is 2.66. The highest BCUT2D eigenvalue weighted by Crippen LogP contribution is 2.53. The number of benzene rings is 1. The fraction of sp³-hybridized carbons (Fsp3) is 0.625. The van der Waals surface area contributed by atoms with E-state index in [9.17, 15) is 0 Å². The van der Waals surface area contributed by atoms with Crippen molar-refractivity contribution in [2.24, 2.45) is 5.92 Å². The average Bonchev–Trinajstić information content (AvgIpc) is 2.54. The van der Waals surface area contributed by atoms with Gasteiger partial charge >= 0.3 is 0 Å². The van der Waals surface area contributed by atoms with E-state index >= 15 is 0 Å². The standard InChI is InChI=1S/C16H23N/c1-12(2)17-10-15-8-9-16(15,11-17)14-6-4-13(3)5-7-14/h4-7,12,15H,8-11H2,1-3H3. The van der Waals surface area contributed by atoms with Gasteiger partial charge in [-0.1, -0.05) is 29.8 Å². The fourth-order valence-corrected chi connectivity index (χ4v) is 3.63. The van der Waals surface area contributed by atoms with Crippen molar-refractivity contribution in [3.05, 3.63) is 35.4 Å². The number of aryl methyl sites for hydroxylation is 1. The van der Waals surface area contributed by atoms with Gasteiger partial charge in [0.15, 0.2) is 0 Å². The van der Waals surface area contributed by atoms with E-state index in [1.54, 1.807) is 5.56 Å². The SMILES string of the molecule is Cc1ccc(C23CCC2CN(C(C)C)C3)cc1. The zero-order valence-electron chi connectivity index (χ0n) is 11.2. The summed E-state index contributed by atoms with van der Waals surface area (Å²) in [5.41, 5.74) is 3.46. The van der Waals surface area contributed by atoms with Gasteiger partial charge in [-0.05, 0) is 45.1 Å². The molecule has 1 aliphatic carbocycles. The number of hydrogen-bond acceptors (Lipinski definition) is 1. The van der Waals surface area contributed by atoms with Crippen LogP contribution in [0.1, 0.15) is 37.8 Å². The smallest absolute Gasteiger partial charge is 0.0121 e. The van der Waals surface area contributed by atoms with E-state index in [-0.39, 0.29) is 0 Å². The first-order chi connectivity index (χ1) is 8.12. The molecule has 92 valence electrons. The molecule has 0 spiro atoms. The van der Waals surface area contributed by atoms with E-state index < -0.39 is 0 Å². The molecule has 1 aromatic rings. The van der Waals surface area contributed by atoms with Crippen molar-refractivity contribution >= 4 is 0 Å². The normalized spacial score (nSPS) is 32.6. The van der Waals surface area contributed by atoms with E-state index in [0.29, 0.717) is 11.5 Å². The van der Waals surface area contributed by atoms with Gasteiger partial charge in [0.1, 0.15) is 0 Å². The van der Waals surface area contributed by atoms with Gasteiger partial charge in [0, 0.05) is 24.5 Å². The monoisotopic (exact) mass is 229 g/mol. The molecule has 0 amide bonds. The Labute approximate surface area is 105 Å². The van der Waals surface area contributed by atoms with Gasteiger partial charge < -0.3 is 0 Å². The molecule has 1 heteroatoms. The van der Waals surface area contributed by atoms with Gasteiger partial charge in [-0.3, -0.25) is 4.90 Å². The van der Waals surface area contributed by atoms with E-state index in [1.807, 2.05) is 0 Å². The van der Waals surface area contributed by atoms with Crippen LogP contribution in [0.5, 0.6) is 0 Å². The van der Waals surface area contributed by atoms with Crippen molar-refractivity contribution in [3.63, 3.8) is 0 Å². The quantitative estimate of drug-likeness (QED) is 0.751. The van der Waals surface area contributed by atoms with Crippen molar-refractivity contribution in [2.75, 3.05) is 13.1 Å². The highest BCUT2D eigenvalue weighted by Gasteiger charge is 2.53. The number of likely N-dealkylation sites (tertiary alicyclic amines) is 1. The molecule has 17 heavy (non-hydrogen) atoms. The maximum absolute atomic E-state index is 2.66. The molecule has 1 aliphatic heterocycles. The van der Waals surface area contributed by atoms with E-state index in [0.717, 1.165) is 5.92 Å². The molecule has 1 saturated heterocycles. The summed E-state index contributed by atoms with van der Waals surface area (Å²) in [6.07, 6.45) is 2.82. The van der Waals surface area contributed by atoms with Crippen LogP contribution in [-0.2, 0) is 5.41 Å². The lowest BCUT2D eigenvalue weighted by molar-refractivity contribution is 0.181. The summed E-state index contributed by atoms with van der Waals surface area (Å²) in [6.45, 7) is 9.42. The maximum Gasteiger partial charge on any atom is 0.0121 e. The summed E-state index contributed by atoms with van der Waals surface area (Å²) in [4.78, 5) is 2.66. The Kier molecular flexibility index (Phi) is 2.55. The third kappa shape index (κ3) is 1.63. The summed E-state index contributed by atoms with van der Waals surface area (Å²) in [5, 5.41) is 0. The molecular formula is C16H23N. The first-order valence-electron chi connectivity index (χ1n) is 6.93. The van der Waals surface area contributed by atoms with Crippen LogP contribution in [0, 0.1) is 12.8 Å². The van der Waals surface area contributed by atoms with Crippen LogP contribution in [0.3, 0.4) is 0 Å². The number of rotatable bonds is 2. The molecule has 1 saturated carbocycles. The second-order valence-corrected chi connectivity index (χ2v) is 6.28. The molecule has 2 aliphatic rings. The zero-order chi connectivity index (χ0) is 12.0. The van der Waals surface area contributed by atoms with E-state index in [1.165, 1.54) is 31.5 Å². The summed E-state index contributed by atoms with van der Waals surface area (Å²) < 4.78 is 0. The van der Waals surface area contributed by atoms with Crippen LogP contribution in [0.4, 0.5) is 0 Å². The minimum Gasteiger partial charge on any atom is -0.300 e. The van der Waals surface area contributed by atoms with Gasteiger partial charge in [-0.25, -0.2) is 0 Å². The van der Waals surface area contributed by atoms with Crippen LogP contribution >= 0.6 is 0 Å². The van der Waals surface area contributed by atoms with Crippen molar-refractivity contribution < 1.29 is 0 Å². The molecule has 2 fully saturated rings. The molecule has 0 radical (unpaired) electrons. The van der Waals surface area contributed by atoms with Crippen LogP contribution in [0.25, 0.3) is 0 Å². The Bertz CT molecular complexity index is 406. The fourth-order valence-electron chi connectivity index (χ4n) is 3.63. The molecule has 0 aromatic heterocycles. The number of hydrogen-bond donors (Lipinski definition) is 0. The first-order valence-corrected chi connectivity index (χ1v) is 6.93. The number of fused-ring (bicyclic) bond motifs is 1. The Morgan fingerprint density at radius 1 is 1.24 bits per heavy atom. The first kappa shape index (κ1) is 11.3. The molecule has 0 N–H and O–H groups in total. The molecule has 2 atom stereocenters. The van der Waals surface area contributed by atoms with Crippen LogP contribution in [0.2, 0.25) is 0 Å². The number of nitrogens with zero attached hydrogens (tertiary/aromatic N) is 1. The highest BCUT2D eigenvalue weighted by atomic mass is 15.2. The van der Waals surface area contributed by atoms with Gasteiger partial charge in [-0.15, -0.1) is 0 Å². The Balaban J connectivity index is 1.89. The van der Waals surface area contributed by atoms with E-state index in [4.69, 9.17) is 0 Å². The van der Waals surface area contributed by atoms with Crippen molar-refractivity contribution in [1.29, 1.82) is 0 Å². The molecular weight excluding hydrogens is 206 g/mol. The highest BCUT2D eigenvalue weighted by molar-refractivity contribution is 5.34. The summed E-state index contributed by atoms with van der Waals surface area (Å²) in [7, 11) is 0. The van der Waals surface area contributed by atoms with Crippen molar-refractivity contribution in [3.8, 4) is 0 Å². The second-order valence-electron chi connectivity index (χ2n) is 6.28. The second kappa shape index (κ2) is 3.84. The summed E-state index contributed by atoms with van der Waals surface area (Å²) >= 11 is 0. The predicted molar refractivity (Wildman–Crippen MR) is 72.3 cm³/mol. The zero-order valence-corrected chi connectivity index (χ0v) is 11.2. The van der Waals surface area contributed by atoms with Crippen LogP contribution in [0.15, 0.2) is 24.3 Å². The third-order valence-electron chi connectivity index (χ3n) is 5.02. The van der Waals surface area contributed by atoms with Crippen molar-refractivity contribution in [2.45, 2.75) is 45.1 Å². The Morgan fingerprint density at radius 3 is 2.47 bits per heavy atom. The van der Waals surface area contributed by atoms with Crippen LogP contribution in [-0.4, -0.2) is 24.0 Å². The minimum atomic E-state index is 0.498. The van der Waals surface area contributed by atoms with E-state index in [2.05, 4.69) is 49.9 Å². The van der Waals surface area contributed by atoms with Crippen molar-refractivity contribution in [1.82, 2.24) is 4.90 Å². The van der Waals surface area contributed by atoms with Crippen LogP contribution < -0.4 is 0 Å². The summed E-state index contributed by atoms with van der Waals surface area (Å²) in [6, 6.07) is 9.98. The molecule has 1 heterocycles. The largest absolute Gasteiger partial charge is 0.300 e. The van der Waals surface area contributed by atoms with Gasteiger partial charge in [0.25, 0.3) is 0 Å². The Hall–Kier alpha value is -0.820. The lowest BCUT2D eigenvalue weighted by Crippen LogP contribution is -2.43. The summed E-state index contributed by atoms with van der Waals surface area (Å²) in [5.74, 6) is 0.910. The lowest BCUT2D eigenvalue weighted by atomic mass is 9.58. The average molecular weight is 229 g/mol. The Morgan fingerprint density at radius 2 is 1.94 bits per heavy atom. The van der Waals surface area contributed by atoms with Gasteiger partial charge in [0.05, 0.1) is 0 Å². The molecule has 1 aromatic carbocycles. The third-order valence-corrected chi connectivity index (χ3v) is 5.02. The topological polar surface area (TPSA) is 3.24 Å².